The van der Waals surface area contributed by atoms with Gasteiger partial charge >= 0.3 is 0 Å². The van der Waals surface area contributed by atoms with Gasteiger partial charge in [-0.25, -0.2) is 4.39 Å². The summed E-state index contributed by atoms with van der Waals surface area (Å²) >= 11 is 0. The predicted molar refractivity (Wildman–Crippen MR) is 133 cm³/mol. The highest BCUT2D eigenvalue weighted by molar-refractivity contribution is 5.19. The molecule has 0 radical (unpaired) electrons. The van der Waals surface area contributed by atoms with Crippen molar-refractivity contribution < 1.29 is 14.2 Å². The fourth-order valence-corrected chi connectivity index (χ4v) is 4.07. The highest BCUT2D eigenvalue weighted by atomic mass is 19.1. The van der Waals surface area contributed by atoms with Crippen molar-refractivity contribution in [3.63, 3.8) is 0 Å². The maximum atomic E-state index is 13.6. The van der Waals surface area contributed by atoms with Gasteiger partial charge in [0, 0.05) is 38.1 Å². The van der Waals surface area contributed by atoms with Crippen LogP contribution in [-0.4, -0.2) is 33.8 Å². The third kappa shape index (κ3) is 7.39. The molecule has 1 atom stereocenters. The minimum atomic E-state index is -0.612. The molecule has 0 saturated carbocycles. The summed E-state index contributed by atoms with van der Waals surface area (Å²) in [6.45, 7) is 3.20. The van der Waals surface area contributed by atoms with Crippen molar-refractivity contribution in [1.29, 1.82) is 0 Å². The molecule has 1 aromatic heterocycles. The van der Waals surface area contributed by atoms with Gasteiger partial charge in [0.05, 0.1) is 19.3 Å². The van der Waals surface area contributed by atoms with E-state index in [4.69, 9.17) is 4.74 Å². The van der Waals surface area contributed by atoms with Crippen molar-refractivity contribution in [3.8, 4) is 0 Å². The molecule has 0 aliphatic carbocycles. The summed E-state index contributed by atoms with van der Waals surface area (Å²) in [6, 6.07) is 31.0. The van der Waals surface area contributed by atoms with E-state index in [2.05, 4.69) is 27.7 Å². The van der Waals surface area contributed by atoms with Gasteiger partial charge in [0.15, 0.2) is 0 Å². The van der Waals surface area contributed by atoms with Crippen LogP contribution in [0.5, 0.6) is 0 Å². The van der Waals surface area contributed by atoms with Crippen molar-refractivity contribution in [2.75, 3.05) is 13.2 Å². The smallest absolute Gasteiger partial charge is 0.123 e. The molecule has 34 heavy (non-hydrogen) atoms. The number of ether oxygens (including phenoxy) is 1. The van der Waals surface area contributed by atoms with Gasteiger partial charge in [0.25, 0.3) is 0 Å². The lowest BCUT2D eigenvalue weighted by Crippen LogP contribution is -2.34. The molecule has 4 nitrogen and oxygen atoms in total. The lowest BCUT2D eigenvalue weighted by atomic mass is 10.2. The minimum absolute atomic E-state index is 0.226. The van der Waals surface area contributed by atoms with Gasteiger partial charge in [0.2, 0.25) is 0 Å². The molecule has 0 saturated heterocycles. The van der Waals surface area contributed by atoms with Crippen molar-refractivity contribution >= 4 is 0 Å². The molecule has 4 aromatic rings. The summed E-state index contributed by atoms with van der Waals surface area (Å²) in [5.74, 6) is -0.226. The lowest BCUT2D eigenvalue weighted by Gasteiger charge is -2.26. The van der Waals surface area contributed by atoms with Crippen LogP contribution in [-0.2, 0) is 31.0 Å². The van der Waals surface area contributed by atoms with Crippen LogP contribution in [0, 0.1) is 5.82 Å². The van der Waals surface area contributed by atoms with Gasteiger partial charge < -0.3 is 14.4 Å². The third-order valence-corrected chi connectivity index (χ3v) is 5.69. The normalized spacial score (nSPS) is 12.2. The number of nitrogens with zero attached hydrogens (tertiary/aromatic N) is 2. The van der Waals surface area contributed by atoms with Gasteiger partial charge in [-0.1, -0.05) is 72.8 Å². The first-order valence-electron chi connectivity index (χ1n) is 11.6. The third-order valence-electron chi connectivity index (χ3n) is 5.69. The molecular weight excluding hydrogens is 427 g/mol. The minimum Gasteiger partial charge on any atom is -0.389 e. The Kier molecular flexibility index (Phi) is 8.63. The molecule has 0 fully saturated rings. The van der Waals surface area contributed by atoms with Gasteiger partial charge in [-0.2, -0.15) is 0 Å². The Morgan fingerprint density at radius 1 is 0.794 bits per heavy atom. The first kappa shape index (κ1) is 23.9. The van der Waals surface area contributed by atoms with Gasteiger partial charge in [-0.05, 0) is 41.0 Å². The van der Waals surface area contributed by atoms with Crippen LogP contribution in [0.1, 0.15) is 22.4 Å². The second kappa shape index (κ2) is 12.3. The van der Waals surface area contributed by atoms with E-state index in [0.717, 1.165) is 16.8 Å². The van der Waals surface area contributed by atoms with E-state index in [-0.39, 0.29) is 12.4 Å². The highest BCUT2D eigenvalue weighted by Gasteiger charge is 2.15. The second-order valence-corrected chi connectivity index (χ2v) is 8.57. The van der Waals surface area contributed by atoms with Crippen LogP contribution in [0.3, 0.4) is 0 Å². The Bertz CT molecular complexity index is 1130. The zero-order valence-corrected chi connectivity index (χ0v) is 19.3. The number of aliphatic hydroxyl groups is 1. The summed E-state index contributed by atoms with van der Waals surface area (Å²) in [5, 5.41) is 10.7. The standard InChI is InChI=1S/C29H31FN2O2/c30-27-14-7-13-26(17-27)19-32-16-8-15-28(32)20-31(18-24-9-3-1-4-10-24)21-29(33)23-34-22-25-11-5-2-6-12-25/h1-17,29,33H,18-23H2. The summed E-state index contributed by atoms with van der Waals surface area (Å²) in [5.41, 5.74) is 4.30. The van der Waals surface area contributed by atoms with Crippen LogP contribution in [0.15, 0.2) is 103 Å². The quantitative estimate of drug-likeness (QED) is 0.315. The van der Waals surface area contributed by atoms with E-state index in [9.17, 15) is 9.50 Å². The van der Waals surface area contributed by atoms with Crippen LogP contribution in [0.2, 0.25) is 0 Å². The zero-order valence-electron chi connectivity index (χ0n) is 19.3. The Morgan fingerprint density at radius 3 is 2.24 bits per heavy atom. The molecule has 0 aliphatic heterocycles. The van der Waals surface area contributed by atoms with E-state index in [1.165, 1.54) is 11.6 Å². The molecule has 1 unspecified atom stereocenters. The number of rotatable bonds is 12. The van der Waals surface area contributed by atoms with Crippen LogP contribution in [0.25, 0.3) is 0 Å². The lowest BCUT2D eigenvalue weighted by molar-refractivity contribution is 0.00679. The molecule has 4 rings (SSSR count). The fraction of sp³-hybridized carbons (Fsp3) is 0.241. The topological polar surface area (TPSA) is 37.6 Å². The molecule has 1 N–H and O–H groups in total. The molecule has 176 valence electrons. The molecule has 0 amide bonds. The molecule has 0 spiro atoms. The van der Waals surface area contributed by atoms with E-state index >= 15 is 0 Å². The fourth-order valence-electron chi connectivity index (χ4n) is 4.07. The summed E-state index contributed by atoms with van der Waals surface area (Å²) < 4.78 is 21.5. The molecule has 0 bridgehead atoms. The largest absolute Gasteiger partial charge is 0.389 e. The molecule has 1 heterocycles. The maximum absolute atomic E-state index is 13.6. The SMILES string of the molecule is OC(COCc1ccccc1)CN(Cc1ccccc1)Cc1cccn1Cc1cccc(F)c1. The summed E-state index contributed by atoms with van der Waals surface area (Å²) in [6.07, 6.45) is 1.40. The monoisotopic (exact) mass is 458 g/mol. The average molecular weight is 459 g/mol. The Balaban J connectivity index is 1.40. The molecule has 0 aliphatic rings. The number of hydrogen-bond donors (Lipinski definition) is 1. The first-order valence-corrected chi connectivity index (χ1v) is 11.6. The van der Waals surface area contributed by atoms with Crippen molar-refractivity contribution in [1.82, 2.24) is 9.47 Å². The van der Waals surface area contributed by atoms with Crippen molar-refractivity contribution in [2.24, 2.45) is 0 Å². The summed E-state index contributed by atoms with van der Waals surface area (Å²) in [4.78, 5) is 2.23. The highest BCUT2D eigenvalue weighted by Crippen LogP contribution is 2.15. The summed E-state index contributed by atoms with van der Waals surface area (Å²) in [7, 11) is 0. The maximum Gasteiger partial charge on any atom is 0.123 e. The number of halogens is 1. The van der Waals surface area contributed by atoms with Crippen LogP contribution >= 0.6 is 0 Å². The van der Waals surface area contributed by atoms with Crippen molar-refractivity contribution in [3.05, 3.63) is 131 Å². The average Bonchev–Trinajstić information content (AvgIpc) is 3.26. The van der Waals surface area contributed by atoms with Gasteiger partial charge in [0.1, 0.15) is 5.82 Å². The molecule has 5 heteroatoms. The van der Waals surface area contributed by atoms with E-state index in [0.29, 0.717) is 32.8 Å². The van der Waals surface area contributed by atoms with E-state index in [1.807, 2.05) is 66.9 Å². The van der Waals surface area contributed by atoms with E-state index < -0.39 is 6.10 Å². The second-order valence-electron chi connectivity index (χ2n) is 8.57. The first-order chi connectivity index (χ1) is 16.7. The number of aliphatic hydroxyl groups excluding tert-OH is 1. The zero-order chi connectivity index (χ0) is 23.6. The van der Waals surface area contributed by atoms with Crippen LogP contribution < -0.4 is 0 Å². The van der Waals surface area contributed by atoms with Gasteiger partial charge in [-0.15, -0.1) is 0 Å². The van der Waals surface area contributed by atoms with Crippen molar-refractivity contribution in [2.45, 2.75) is 32.3 Å². The van der Waals surface area contributed by atoms with Crippen LogP contribution in [0.4, 0.5) is 4.39 Å². The number of aromatic nitrogens is 1. The Hall–Kier alpha value is -3.25. The molecular formula is C29H31FN2O2. The predicted octanol–water partition coefficient (Wildman–Crippen LogP) is 5.26. The number of benzene rings is 3. The Morgan fingerprint density at radius 2 is 1.50 bits per heavy atom. The number of hydrogen-bond acceptors (Lipinski definition) is 3. The van der Waals surface area contributed by atoms with Gasteiger partial charge in [-0.3, -0.25) is 4.90 Å². The Labute approximate surface area is 200 Å². The van der Waals surface area contributed by atoms with E-state index in [1.54, 1.807) is 12.1 Å². The molecule has 3 aromatic carbocycles.